The summed E-state index contributed by atoms with van der Waals surface area (Å²) in [5.41, 5.74) is 0.761. The summed E-state index contributed by atoms with van der Waals surface area (Å²) in [5.74, 6) is 5.68. The van der Waals surface area contributed by atoms with Crippen molar-refractivity contribution >= 4 is 34.2 Å². The molecule has 24 heavy (non-hydrogen) atoms. The molecule has 0 fully saturated rings. The third-order valence-electron chi connectivity index (χ3n) is 3.94. The van der Waals surface area contributed by atoms with Crippen LogP contribution in [0, 0.1) is 0 Å². The molecular formula is C18H11ClN2O3. The lowest BCUT2D eigenvalue weighted by atomic mass is 9.94. The van der Waals surface area contributed by atoms with Crippen LogP contribution in [0.15, 0.2) is 54.6 Å². The summed E-state index contributed by atoms with van der Waals surface area (Å²) in [6, 6.07) is 15.4. The van der Waals surface area contributed by atoms with Gasteiger partial charge in [-0.3, -0.25) is 9.59 Å². The molecule has 0 bridgehead atoms. The highest BCUT2D eigenvalue weighted by Gasteiger charge is 2.31. The van der Waals surface area contributed by atoms with Gasteiger partial charge in [0.05, 0.1) is 11.1 Å². The maximum Gasteiger partial charge on any atom is 0.275 e. The Labute approximate surface area is 142 Å². The van der Waals surface area contributed by atoms with Crippen molar-refractivity contribution in [2.75, 3.05) is 0 Å². The number of rotatable bonds is 2. The van der Waals surface area contributed by atoms with Gasteiger partial charge in [0.15, 0.2) is 0 Å². The molecule has 0 unspecified atom stereocenters. The molecule has 3 aromatic rings. The number of imide groups is 1. The molecular weight excluding hydrogens is 328 g/mol. The second kappa shape index (κ2) is 5.33. The highest BCUT2D eigenvalue weighted by atomic mass is 35.5. The zero-order chi connectivity index (χ0) is 16.8. The van der Waals surface area contributed by atoms with Crippen LogP contribution in [0.1, 0.15) is 20.7 Å². The van der Waals surface area contributed by atoms with Gasteiger partial charge in [-0.15, -0.1) is 0 Å². The molecule has 0 saturated heterocycles. The van der Waals surface area contributed by atoms with Crippen molar-refractivity contribution in [3.05, 3.63) is 70.7 Å². The van der Waals surface area contributed by atoms with Crippen molar-refractivity contribution in [3.63, 3.8) is 0 Å². The van der Waals surface area contributed by atoms with Crippen molar-refractivity contribution in [1.82, 2.24) is 5.01 Å². The molecule has 4 rings (SSSR count). The van der Waals surface area contributed by atoms with Crippen LogP contribution in [0.3, 0.4) is 0 Å². The first-order valence-electron chi connectivity index (χ1n) is 7.19. The summed E-state index contributed by atoms with van der Waals surface area (Å²) in [4.78, 5) is 24.5. The van der Waals surface area contributed by atoms with Gasteiger partial charge in [0.25, 0.3) is 11.8 Å². The molecule has 0 spiro atoms. The van der Waals surface area contributed by atoms with Gasteiger partial charge in [-0.1, -0.05) is 23.7 Å². The number of nitrogens with two attached hydrogens (primary N) is 1. The number of benzene rings is 3. The Morgan fingerprint density at radius 3 is 2.25 bits per heavy atom. The molecule has 0 aliphatic carbocycles. The predicted molar refractivity (Wildman–Crippen MR) is 90.2 cm³/mol. The molecule has 1 aliphatic heterocycles. The number of hydrogen-bond acceptors (Lipinski definition) is 4. The molecule has 6 heteroatoms. The van der Waals surface area contributed by atoms with E-state index in [4.69, 9.17) is 22.2 Å². The number of amides is 2. The normalized spacial score (nSPS) is 13.5. The van der Waals surface area contributed by atoms with E-state index in [-0.39, 0.29) is 0 Å². The minimum absolute atomic E-state index is 0.381. The van der Waals surface area contributed by atoms with E-state index in [2.05, 4.69) is 0 Å². The summed E-state index contributed by atoms with van der Waals surface area (Å²) < 4.78 is 5.90. The van der Waals surface area contributed by atoms with Gasteiger partial charge < -0.3 is 4.74 Å². The Hall–Kier alpha value is -2.89. The average Bonchev–Trinajstić information content (AvgIpc) is 2.60. The quantitative estimate of drug-likeness (QED) is 0.439. The second-order valence-corrected chi connectivity index (χ2v) is 5.81. The van der Waals surface area contributed by atoms with E-state index in [1.807, 2.05) is 0 Å². The lowest BCUT2D eigenvalue weighted by molar-refractivity contribution is 0.0610. The number of carbonyl (C=O) groups excluding carboxylic acids is 2. The van der Waals surface area contributed by atoms with Crippen LogP contribution >= 0.6 is 11.6 Å². The van der Waals surface area contributed by atoms with Gasteiger partial charge >= 0.3 is 0 Å². The number of hydrazine groups is 1. The Morgan fingerprint density at radius 2 is 1.54 bits per heavy atom. The molecule has 0 aromatic heterocycles. The van der Waals surface area contributed by atoms with Crippen LogP contribution < -0.4 is 10.6 Å². The zero-order valence-electron chi connectivity index (χ0n) is 12.3. The number of hydrogen-bond donors (Lipinski definition) is 1. The van der Waals surface area contributed by atoms with Crippen LogP contribution in [0.4, 0.5) is 0 Å². The van der Waals surface area contributed by atoms with Crippen LogP contribution in [0.25, 0.3) is 10.8 Å². The largest absolute Gasteiger partial charge is 0.457 e. The first kappa shape index (κ1) is 14.7. The lowest BCUT2D eigenvalue weighted by Gasteiger charge is -2.23. The second-order valence-electron chi connectivity index (χ2n) is 5.38. The third-order valence-corrected chi connectivity index (χ3v) is 4.19. The van der Waals surface area contributed by atoms with E-state index in [0.29, 0.717) is 43.4 Å². The third kappa shape index (κ3) is 2.14. The van der Waals surface area contributed by atoms with E-state index >= 15 is 0 Å². The Bertz CT molecular complexity index is 977. The Kier molecular flexibility index (Phi) is 3.26. The lowest BCUT2D eigenvalue weighted by Crippen LogP contribution is -2.45. The van der Waals surface area contributed by atoms with Gasteiger partial charge in [-0.05, 0) is 42.5 Å². The monoisotopic (exact) mass is 338 g/mol. The Morgan fingerprint density at radius 1 is 0.875 bits per heavy atom. The molecule has 118 valence electrons. The van der Waals surface area contributed by atoms with Crippen molar-refractivity contribution in [2.24, 2.45) is 5.84 Å². The fourth-order valence-electron chi connectivity index (χ4n) is 2.81. The Balaban J connectivity index is 1.90. The average molecular weight is 339 g/mol. The maximum atomic E-state index is 12.2. The number of halogens is 1. The van der Waals surface area contributed by atoms with Crippen LogP contribution in [-0.2, 0) is 0 Å². The van der Waals surface area contributed by atoms with Crippen molar-refractivity contribution < 1.29 is 14.3 Å². The topological polar surface area (TPSA) is 72.6 Å². The summed E-state index contributed by atoms with van der Waals surface area (Å²) in [5, 5.41) is 2.48. The smallest absolute Gasteiger partial charge is 0.275 e. The predicted octanol–water partition coefficient (Wildman–Crippen LogP) is 3.76. The van der Waals surface area contributed by atoms with E-state index in [1.54, 1.807) is 54.6 Å². The molecule has 1 heterocycles. The molecule has 3 aromatic carbocycles. The van der Waals surface area contributed by atoms with E-state index in [1.165, 1.54) is 0 Å². The van der Waals surface area contributed by atoms with Gasteiger partial charge in [0.1, 0.15) is 11.5 Å². The molecule has 0 radical (unpaired) electrons. The maximum absolute atomic E-state index is 12.2. The summed E-state index contributed by atoms with van der Waals surface area (Å²) in [7, 11) is 0. The van der Waals surface area contributed by atoms with Crippen molar-refractivity contribution in [3.8, 4) is 11.5 Å². The highest BCUT2D eigenvalue weighted by Crippen LogP contribution is 2.36. The van der Waals surface area contributed by atoms with Crippen molar-refractivity contribution in [1.29, 1.82) is 0 Å². The molecule has 0 saturated carbocycles. The summed E-state index contributed by atoms with van der Waals surface area (Å²) >= 11 is 5.88. The van der Waals surface area contributed by atoms with Gasteiger partial charge in [-0.2, -0.15) is 0 Å². The fraction of sp³-hybridized carbons (Fsp3) is 0. The summed E-state index contributed by atoms with van der Waals surface area (Å²) in [6.45, 7) is 0. The van der Waals surface area contributed by atoms with Gasteiger partial charge in [-0.25, -0.2) is 10.9 Å². The molecule has 2 amide bonds. The number of carbonyl (C=O) groups is 2. The zero-order valence-corrected chi connectivity index (χ0v) is 13.1. The van der Waals surface area contributed by atoms with Crippen LogP contribution in [0.2, 0.25) is 5.02 Å². The highest BCUT2D eigenvalue weighted by molar-refractivity contribution is 6.30. The number of nitrogens with zero attached hydrogens (tertiary/aromatic N) is 1. The first-order valence-corrected chi connectivity index (χ1v) is 7.56. The SMILES string of the molecule is NN1C(=O)c2cccc3c(Oc4ccc(Cl)cc4)ccc(c23)C1=O. The van der Waals surface area contributed by atoms with E-state index < -0.39 is 11.8 Å². The molecule has 0 atom stereocenters. The van der Waals surface area contributed by atoms with Crippen LogP contribution in [-0.4, -0.2) is 16.8 Å². The minimum atomic E-state index is -0.526. The fourth-order valence-corrected chi connectivity index (χ4v) is 2.93. The molecule has 5 nitrogen and oxygen atoms in total. The van der Waals surface area contributed by atoms with Crippen LogP contribution in [0.5, 0.6) is 11.5 Å². The molecule has 2 N–H and O–H groups in total. The van der Waals surface area contributed by atoms with Crippen molar-refractivity contribution in [2.45, 2.75) is 0 Å². The standard InChI is InChI=1S/C18H11ClN2O3/c19-10-4-6-11(7-5-10)24-15-9-8-14-16-12(15)2-1-3-13(16)17(22)21(20)18(14)23/h1-9H,20H2. The van der Waals surface area contributed by atoms with Gasteiger partial charge in [0.2, 0.25) is 0 Å². The summed E-state index contributed by atoms with van der Waals surface area (Å²) in [6.07, 6.45) is 0. The van der Waals surface area contributed by atoms with E-state index in [9.17, 15) is 9.59 Å². The molecule has 1 aliphatic rings. The first-order chi connectivity index (χ1) is 11.6. The van der Waals surface area contributed by atoms with E-state index in [0.717, 1.165) is 0 Å². The minimum Gasteiger partial charge on any atom is -0.457 e. The number of ether oxygens (including phenoxy) is 1. The van der Waals surface area contributed by atoms with Gasteiger partial charge in [0, 0.05) is 15.8 Å².